The molecule has 0 aromatic heterocycles. The Morgan fingerprint density at radius 2 is 0.884 bits per heavy atom. The zero-order valence-electron chi connectivity index (χ0n) is 29.1. The normalized spacial score (nSPS) is 12.7. The molecule has 0 aliphatic rings. The Labute approximate surface area is 266 Å². The summed E-state index contributed by atoms with van der Waals surface area (Å²) in [7, 11) is 0. The van der Waals surface area contributed by atoms with E-state index in [0.717, 1.165) is 76.0 Å². The van der Waals surface area contributed by atoms with Crippen molar-refractivity contribution in [1.82, 2.24) is 0 Å². The van der Waals surface area contributed by atoms with Crippen LogP contribution >= 0.6 is 0 Å². The number of carbonyl (C=O) groups is 3. The van der Waals surface area contributed by atoms with Crippen molar-refractivity contribution >= 4 is 17.9 Å². The van der Waals surface area contributed by atoms with Crippen LogP contribution in [0, 0.1) is 11.8 Å². The van der Waals surface area contributed by atoms with E-state index in [1.54, 1.807) is 0 Å². The molecule has 0 aromatic carbocycles. The van der Waals surface area contributed by atoms with Gasteiger partial charge in [-0.05, 0) is 31.1 Å². The Kier molecular flexibility index (Phi) is 29.3. The van der Waals surface area contributed by atoms with E-state index < -0.39 is 6.10 Å². The van der Waals surface area contributed by atoms with E-state index >= 15 is 0 Å². The first-order valence-electron chi connectivity index (χ1n) is 18.3. The van der Waals surface area contributed by atoms with Crippen LogP contribution in [0.2, 0.25) is 0 Å². The van der Waals surface area contributed by atoms with Gasteiger partial charge in [0.15, 0.2) is 6.10 Å². The summed E-state index contributed by atoms with van der Waals surface area (Å²) >= 11 is 0. The minimum atomic E-state index is -0.757. The number of rotatable bonds is 31. The van der Waals surface area contributed by atoms with E-state index in [2.05, 4.69) is 34.6 Å². The smallest absolute Gasteiger partial charge is 0.306 e. The van der Waals surface area contributed by atoms with Crippen molar-refractivity contribution in [3.63, 3.8) is 0 Å². The molecule has 2 atom stereocenters. The van der Waals surface area contributed by atoms with Gasteiger partial charge in [-0.2, -0.15) is 0 Å². The molecule has 0 fully saturated rings. The van der Waals surface area contributed by atoms with Crippen LogP contribution < -0.4 is 0 Å². The summed E-state index contributed by atoms with van der Waals surface area (Å²) in [4.78, 5) is 37.1. The van der Waals surface area contributed by atoms with Gasteiger partial charge in [-0.3, -0.25) is 14.4 Å². The first kappa shape index (κ1) is 41.4. The fourth-order valence-electron chi connectivity index (χ4n) is 5.13. The van der Waals surface area contributed by atoms with Crippen molar-refractivity contribution in [3.8, 4) is 0 Å². The molecule has 6 heteroatoms. The number of hydrogen-bond donors (Lipinski definition) is 0. The third kappa shape index (κ3) is 30.2. The van der Waals surface area contributed by atoms with Crippen molar-refractivity contribution in [1.29, 1.82) is 0 Å². The van der Waals surface area contributed by atoms with Crippen LogP contribution in [-0.2, 0) is 28.6 Å². The Hall–Kier alpha value is -1.59. The zero-order valence-corrected chi connectivity index (χ0v) is 29.1. The predicted molar refractivity (Wildman–Crippen MR) is 178 cm³/mol. The second-order valence-electron chi connectivity index (χ2n) is 13.2. The topological polar surface area (TPSA) is 78.9 Å². The highest BCUT2D eigenvalue weighted by Crippen LogP contribution is 2.16. The Morgan fingerprint density at radius 1 is 0.488 bits per heavy atom. The summed E-state index contributed by atoms with van der Waals surface area (Å²) < 4.78 is 16.4. The minimum absolute atomic E-state index is 0.0693. The van der Waals surface area contributed by atoms with Crippen molar-refractivity contribution in [3.05, 3.63) is 0 Å². The Bertz CT molecular complexity index is 661. The Morgan fingerprint density at radius 3 is 1.33 bits per heavy atom. The molecule has 0 aliphatic heterocycles. The molecule has 43 heavy (non-hydrogen) atoms. The van der Waals surface area contributed by atoms with Gasteiger partial charge in [0.2, 0.25) is 0 Å². The zero-order chi connectivity index (χ0) is 32.0. The van der Waals surface area contributed by atoms with E-state index in [0.29, 0.717) is 19.3 Å². The van der Waals surface area contributed by atoms with E-state index in [-0.39, 0.29) is 31.1 Å². The summed E-state index contributed by atoms with van der Waals surface area (Å²) in [5.41, 5.74) is 0. The van der Waals surface area contributed by atoms with Gasteiger partial charge in [0.05, 0.1) is 0 Å². The molecule has 0 heterocycles. The van der Waals surface area contributed by atoms with Gasteiger partial charge in [-0.25, -0.2) is 0 Å². The van der Waals surface area contributed by atoms with Crippen LogP contribution in [0.1, 0.15) is 189 Å². The molecule has 0 spiro atoms. The van der Waals surface area contributed by atoms with Crippen molar-refractivity contribution in [2.45, 2.75) is 195 Å². The number of ether oxygens (including phenoxy) is 3. The standard InChI is InChI=1S/C37H70O6/c1-6-8-9-15-24-29-37(40)43-34(30-41-35(38)27-22-18-12-10-11-16-20-25-32(3)4)31-42-36(39)28-23-19-14-13-17-21-26-33(5)7-2/h32-34H,6-31H2,1-5H3/t33?,34-/m1/s1. The van der Waals surface area contributed by atoms with Crippen molar-refractivity contribution in [2.75, 3.05) is 13.2 Å². The van der Waals surface area contributed by atoms with Crippen molar-refractivity contribution < 1.29 is 28.6 Å². The van der Waals surface area contributed by atoms with Gasteiger partial charge in [-0.1, -0.05) is 150 Å². The SMILES string of the molecule is CCCCCCCC(=O)O[C@H](COC(=O)CCCCCCCCCC(C)C)COC(=O)CCCCCCCCC(C)CC. The molecule has 0 bridgehead atoms. The molecule has 6 nitrogen and oxygen atoms in total. The minimum Gasteiger partial charge on any atom is -0.462 e. The van der Waals surface area contributed by atoms with E-state index in [1.165, 1.54) is 70.6 Å². The molecule has 1 unspecified atom stereocenters. The van der Waals surface area contributed by atoms with Gasteiger partial charge < -0.3 is 14.2 Å². The summed E-state index contributed by atoms with van der Waals surface area (Å²) in [5.74, 6) is 0.706. The molecule has 0 radical (unpaired) electrons. The van der Waals surface area contributed by atoms with Crippen LogP contribution in [0.4, 0.5) is 0 Å². The average molecular weight is 611 g/mol. The van der Waals surface area contributed by atoms with Gasteiger partial charge in [0.1, 0.15) is 13.2 Å². The summed E-state index contributed by atoms with van der Waals surface area (Å²) in [6.45, 7) is 11.1. The fraction of sp³-hybridized carbons (Fsp3) is 0.919. The molecule has 254 valence electrons. The largest absolute Gasteiger partial charge is 0.462 e. The van der Waals surface area contributed by atoms with E-state index in [1.807, 2.05) is 0 Å². The Balaban J connectivity index is 4.29. The van der Waals surface area contributed by atoms with E-state index in [4.69, 9.17) is 14.2 Å². The quantitative estimate of drug-likeness (QED) is 0.0441. The highest BCUT2D eigenvalue weighted by atomic mass is 16.6. The molecule has 0 N–H and O–H groups in total. The molecular weight excluding hydrogens is 540 g/mol. The first-order valence-corrected chi connectivity index (χ1v) is 18.3. The van der Waals surface area contributed by atoms with Crippen LogP contribution in [0.5, 0.6) is 0 Å². The van der Waals surface area contributed by atoms with Gasteiger partial charge in [0.25, 0.3) is 0 Å². The summed E-state index contributed by atoms with van der Waals surface area (Å²) in [6.07, 6.45) is 24.1. The van der Waals surface area contributed by atoms with Gasteiger partial charge in [0, 0.05) is 19.3 Å². The number of carbonyl (C=O) groups excluding carboxylic acids is 3. The summed E-state index contributed by atoms with van der Waals surface area (Å²) in [6, 6.07) is 0. The molecule has 0 saturated heterocycles. The lowest BCUT2D eigenvalue weighted by Gasteiger charge is -2.18. The number of esters is 3. The molecule has 0 saturated carbocycles. The summed E-state index contributed by atoms with van der Waals surface area (Å²) in [5, 5.41) is 0. The lowest BCUT2D eigenvalue weighted by molar-refractivity contribution is -0.167. The molecule has 0 rings (SSSR count). The maximum Gasteiger partial charge on any atom is 0.306 e. The highest BCUT2D eigenvalue weighted by molar-refractivity contribution is 5.71. The van der Waals surface area contributed by atoms with Crippen LogP contribution in [0.15, 0.2) is 0 Å². The lowest BCUT2D eigenvalue weighted by Crippen LogP contribution is -2.30. The van der Waals surface area contributed by atoms with Crippen LogP contribution in [0.25, 0.3) is 0 Å². The van der Waals surface area contributed by atoms with E-state index in [9.17, 15) is 14.4 Å². The number of hydrogen-bond acceptors (Lipinski definition) is 6. The third-order valence-electron chi connectivity index (χ3n) is 8.33. The lowest BCUT2D eigenvalue weighted by atomic mass is 10.00. The molecule has 0 aliphatic carbocycles. The van der Waals surface area contributed by atoms with Gasteiger partial charge >= 0.3 is 17.9 Å². The second kappa shape index (κ2) is 30.4. The van der Waals surface area contributed by atoms with Crippen LogP contribution in [-0.4, -0.2) is 37.2 Å². The number of unbranched alkanes of at least 4 members (excludes halogenated alkanes) is 15. The first-order chi connectivity index (χ1) is 20.8. The monoisotopic (exact) mass is 611 g/mol. The molecular formula is C37H70O6. The van der Waals surface area contributed by atoms with Crippen LogP contribution in [0.3, 0.4) is 0 Å². The van der Waals surface area contributed by atoms with Crippen molar-refractivity contribution in [2.24, 2.45) is 11.8 Å². The second-order valence-corrected chi connectivity index (χ2v) is 13.2. The maximum atomic E-state index is 12.4. The maximum absolute atomic E-state index is 12.4. The average Bonchev–Trinajstić information content (AvgIpc) is 2.98. The highest BCUT2D eigenvalue weighted by Gasteiger charge is 2.19. The fourth-order valence-corrected chi connectivity index (χ4v) is 5.13. The third-order valence-corrected chi connectivity index (χ3v) is 8.33. The molecule has 0 aromatic rings. The predicted octanol–water partition coefficient (Wildman–Crippen LogP) is 10.7. The van der Waals surface area contributed by atoms with Gasteiger partial charge in [-0.15, -0.1) is 0 Å². The molecule has 0 amide bonds.